The molecule has 1 heterocycles. The van der Waals surface area contributed by atoms with Crippen LogP contribution in [0.5, 0.6) is 0 Å². The van der Waals surface area contributed by atoms with E-state index in [9.17, 15) is 17.6 Å². The number of alkyl halides is 4. The summed E-state index contributed by atoms with van der Waals surface area (Å²) in [6.07, 6.45) is -6.15. The molecule has 1 nitrogen and oxygen atoms in total. The van der Waals surface area contributed by atoms with Crippen molar-refractivity contribution in [1.29, 1.82) is 0 Å². The van der Waals surface area contributed by atoms with Gasteiger partial charge in [-0.1, -0.05) is 0 Å². The first-order valence-electron chi connectivity index (χ1n) is 2.93. The zero-order valence-electron chi connectivity index (χ0n) is 5.08. The summed E-state index contributed by atoms with van der Waals surface area (Å²) < 4.78 is 47.5. The number of nitrogens with one attached hydrogen (secondary N) is 1. The van der Waals surface area contributed by atoms with E-state index < -0.39 is 18.3 Å². The van der Waals surface area contributed by atoms with Crippen LogP contribution in [0.1, 0.15) is 0 Å². The van der Waals surface area contributed by atoms with Gasteiger partial charge in [-0.3, -0.25) is 0 Å². The molecule has 1 aliphatic rings. The number of halogens is 4. The molecule has 10 heavy (non-hydrogen) atoms. The Hall–Kier alpha value is -0.320. The second-order valence-corrected chi connectivity index (χ2v) is 2.32. The van der Waals surface area contributed by atoms with Gasteiger partial charge in [-0.05, 0) is 0 Å². The summed E-state index contributed by atoms with van der Waals surface area (Å²) in [7, 11) is 0. The predicted molar refractivity (Wildman–Crippen MR) is 27.3 cm³/mol. The van der Waals surface area contributed by atoms with Gasteiger partial charge in [-0.25, -0.2) is 4.39 Å². The van der Waals surface area contributed by atoms with Crippen molar-refractivity contribution in [2.24, 2.45) is 5.92 Å². The van der Waals surface area contributed by atoms with E-state index in [0.29, 0.717) is 0 Å². The Morgan fingerprint density at radius 1 is 1.20 bits per heavy atom. The van der Waals surface area contributed by atoms with Crippen molar-refractivity contribution in [2.45, 2.75) is 12.3 Å². The molecule has 1 rings (SSSR count). The van der Waals surface area contributed by atoms with E-state index >= 15 is 0 Å². The van der Waals surface area contributed by atoms with Crippen molar-refractivity contribution >= 4 is 0 Å². The third kappa shape index (κ3) is 1.39. The molecule has 5 heteroatoms. The van der Waals surface area contributed by atoms with E-state index in [1.54, 1.807) is 0 Å². The van der Waals surface area contributed by atoms with Crippen LogP contribution >= 0.6 is 0 Å². The smallest absolute Gasteiger partial charge is 0.313 e. The number of hydrogen-bond donors (Lipinski definition) is 1. The minimum absolute atomic E-state index is 0.176. The molecule has 0 aliphatic carbocycles. The maximum absolute atomic E-state index is 12.3. The first-order valence-corrected chi connectivity index (χ1v) is 2.93. The lowest BCUT2D eigenvalue weighted by atomic mass is 10.1. The molecule has 0 amide bonds. The fraction of sp³-hybridized carbons (Fsp3) is 1.00. The SMILES string of the molecule is F[C@H]1CNC[C@@H]1C(F)(F)F. The highest BCUT2D eigenvalue weighted by atomic mass is 19.4. The van der Waals surface area contributed by atoms with Gasteiger partial charge in [0.1, 0.15) is 6.17 Å². The third-order valence-electron chi connectivity index (χ3n) is 1.56. The summed E-state index contributed by atoms with van der Waals surface area (Å²) in [4.78, 5) is 0. The van der Waals surface area contributed by atoms with Crippen molar-refractivity contribution in [3.8, 4) is 0 Å². The average Bonchev–Trinajstić information content (AvgIpc) is 2.11. The van der Waals surface area contributed by atoms with Crippen molar-refractivity contribution in [3.63, 3.8) is 0 Å². The quantitative estimate of drug-likeness (QED) is 0.519. The average molecular weight is 157 g/mol. The zero-order valence-corrected chi connectivity index (χ0v) is 5.08. The van der Waals surface area contributed by atoms with E-state index in [1.165, 1.54) is 0 Å². The van der Waals surface area contributed by atoms with E-state index in [-0.39, 0.29) is 13.1 Å². The fourth-order valence-electron chi connectivity index (χ4n) is 0.968. The molecular formula is C5H7F4N. The Morgan fingerprint density at radius 2 is 1.80 bits per heavy atom. The largest absolute Gasteiger partial charge is 0.395 e. The van der Waals surface area contributed by atoms with Gasteiger partial charge < -0.3 is 5.32 Å². The molecule has 0 aromatic rings. The highest BCUT2D eigenvalue weighted by Gasteiger charge is 2.47. The first kappa shape index (κ1) is 7.78. The van der Waals surface area contributed by atoms with Crippen LogP contribution in [0.15, 0.2) is 0 Å². The summed E-state index contributed by atoms with van der Waals surface area (Å²) >= 11 is 0. The minimum atomic E-state index is -4.39. The van der Waals surface area contributed by atoms with Gasteiger partial charge in [-0.15, -0.1) is 0 Å². The van der Waals surface area contributed by atoms with Crippen LogP contribution < -0.4 is 5.32 Å². The Labute approximate surface area is 55.4 Å². The van der Waals surface area contributed by atoms with Crippen LogP contribution in [0.25, 0.3) is 0 Å². The molecule has 0 unspecified atom stereocenters. The summed E-state index contributed by atoms with van der Waals surface area (Å²) in [5, 5.41) is 2.33. The molecule has 1 fully saturated rings. The topological polar surface area (TPSA) is 12.0 Å². The van der Waals surface area contributed by atoms with Gasteiger partial charge in [-0.2, -0.15) is 13.2 Å². The summed E-state index contributed by atoms with van der Waals surface area (Å²) in [6, 6.07) is 0. The Kier molecular flexibility index (Phi) is 1.85. The molecule has 0 saturated carbocycles. The zero-order chi connectivity index (χ0) is 7.78. The predicted octanol–water partition coefficient (Wildman–Crippen LogP) is 1.11. The standard InChI is InChI=1S/C5H7F4N/c6-4-2-10-1-3(4)5(7,8)9/h3-4,10H,1-2H2/t3-,4-/m0/s1. The highest BCUT2D eigenvalue weighted by Crippen LogP contribution is 2.31. The lowest BCUT2D eigenvalue weighted by Crippen LogP contribution is -2.30. The maximum Gasteiger partial charge on any atom is 0.395 e. The van der Waals surface area contributed by atoms with Crippen molar-refractivity contribution in [1.82, 2.24) is 5.32 Å². The van der Waals surface area contributed by atoms with E-state index in [1.807, 2.05) is 0 Å². The van der Waals surface area contributed by atoms with Crippen molar-refractivity contribution < 1.29 is 17.6 Å². The molecule has 2 atom stereocenters. The molecule has 1 N–H and O–H groups in total. The lowest BCUT2D eigenvalue weighted by Gasteiger charge is -2.14. The third-order valence-corrected chi connectivity index (χ3v) is 1.56. The van der Waals surface area contributed by atoms with Gasteiger partial charge in [0.25, 0.3) is 0 Å². The van der Waals surface area contributed by atoms with E-state index in [2.05, 4.69) is 5.32 Å². The van der Waals surface area contributed by atoms with Crippen LogP contribution in [-0.4, -0.2) is 25.4 Å². The Bertz CT molecular complexity index is 121. The van der Waals surface area contributed by atoms with Gasteiger partial charge in [0.2, 0.25) is 0 Å². The molecule has 0 spiro atoms. The molecule has 0 aromatic heterocycles. The molecule has 1 aliphatic heterocycles. The summed E-state index contributed by atoms with van der Waals surface area (Å²) in [6.45, 7) is -0.463. The van der Waals surface area contributed by atoms with Crippen LogP contribution in [0.4, 0.5) is 17.6 Å². The second kappa shape index (κ2) is 2.38. The Balaban J connectivity index is 2.55. The van der Waals surface area contributed by atoms with Gasteiger partial charge in [0, 0.05) is 13.1 Å². The number of hydrogen-bond acceptors (Lipinski definition) is 1. The van der Waals surface area contributed by atoms with Crippen LogP contribution in [-0.2, 0) is 0 Å². The van der Waals surface area contributed by atoms with Gasteiger partial charge >= 0.3 is 6.18 Å². The maximum atomic E-state index is 12.3. The molecule has 0 aromatic carbocycles. The summed E-state index contributed by atoms with van der Waals surface area (Å²) in [5.41, 5.74) is 0. The molecular weight excluding hydrogens is 150 g/mol. The second-order valence-electron chi connectivity index (χ2n) is 2.32. The molecule has 0 radical (unpaired) electrons. The van der Waals surface area contributed by atoms with Gasteiger partial charge in [0.15, 0.2) is 0 Å². The molecule has 60 valence electrons. The lowest BCUT2D eigenvalue weighted by molar-refractivity contribution is -0.180. The van der Waals surface area contributed by atoms with Crippen LogP contribution in [0.3, 0.4) is 0 Å². The minimum Gasteiger partial charge on any atom is -0.313 e. The molecule has 1 saturated heterocycles. The van der Waals surface area contributed by atoms with Crippen molar-refractivity contribution in [2.75, 3.05) is 13.1 Å². The summed E-state index contributed by atoms with van der Waals surface area (Å²) in [5.74, 6) is -1.80. The normalized spacial score (nSPS) is 34.8. The molecule has 0 bridgehead atoms. The van der Waals surface area contributed by atoms with E-state index in [0.717, 1.165) is 0 Å². The van der Waals surface area contributed by atoms with Gasteiger partial charge in [0.05, 0.1) is 5.92 Å². The van der Waals surface area contributed by atoms with Crippen LogP contribution in [0, 0.1) is 5.92 Å². The van der Waals surface area contributed by atoms with Crippen LogP contribution in [0.2, 0.25) is 0 Å². The van der Waals surface area contributed by atoms with Crippen molar-refractivity contribution in [3.05, 3.63) is 0 Å². The van der Waals surface area contributed by atoms with E-state index in [4.69, 9.17) is 0 Å². The highest BCUT2D eigenvalue weighted by molar-refractivity contribution is 4.85. The number of rotatable bonds is 0. The Morgan fingerprint density at radius 3 is 2.00 bits per heavy atom. The monoisotopic (exact) mass is 157 g/mol. The fourth-order valence-corrected chi connectivity index (χ4v) is 0.968. The first-order chi connectivity index (χ1) is 4.52.